The first-order chi connectivity index (χ1) is 12.0. The van der Waals surface area contributed by atoms with Crippen LogP contribution in [-0.2, 0) is 23.1 Å². The topological polar surface area (TPSA) is 67.2 Å². The molecule has 2 aromatic rings. The molecule has 6 nitrogen and oxygen atoms in total. The molecule has 1 aromatic carbocycles. The quantitative estimate of drug-likeness (QED) is 0.811. The minimum absolute atomic E-state index is 0.126. The van der Waals surface area contributed by atoms with E-state index in [1.54, 1.807) is 16.8 Å². The summed E-state index contributed by atoms with van der Waals surface area (Å²) >= 11 is 0. The van der Waals surface area contributed by atoms with Crippen molar-refractivity contribution in [1.82, 2.24) is 15.1 Å². The lowest BCUT2D eigenvalue weighted by atomic mass is 10.1. The number of rotatable bonds is 6. The number of aromatic nitrogens is 2. The van der Waals surface area contributed by atoms with Crippen LogP contribution in [-0.4, -0.2) is 34.7 Å². The van der Waals surface area contributed by atoms with Gasteiger partial charge < -0.3 is 10.2 Å². The Morgan fingerprint density at radius 2 is 2.28 bits per heavy atom. The predicted molar refractivity (Wildman–Crippen MR) is 91.4 cm³/mol. The van der Waals surface area contributed by atoms with Crippen molar-refractivity contribution < 1.29 is 14.0 Å². The SMILES string of the molecule is Cn1cc(CCCNC(=O)[C@H]2CC(=O)N(c3cccc(F)c3)C2)cn1. The van der Waals surface area contributed by atoms with Crippen molar-refractivity contribution in [2.75, 3.05) is 18.0 Å². The molecular weight excluding hydrogens is 323 g/mol. The molecule has 0 unspecified atom stereocenters. The molecule has 1 saturated heterocycles. The van der Waals surface area contributed by atoms with Gasteiger partial charge in [-0.15, -0.1) is 0 Å². The Labute approximate surface area is 145 Å². The molecule has 1 atom stereocenters. The number of carbonyl (C=O) groups excluding carboxylic acids is 2. The zero-order valence-electron chi connectivity index (χ0n) is 14.1. The first-order valence-corrected chi connectivity index (χ1v) is 8.34. The summed E-state index contributed by atoms with van der Waals surface area (Å²) in [4.78, 5) is 25.9. The van der Waals surface area contributed by atoms with E-state index < -0.39 is 11.7 Å². The second-order valence-corrected chi connectivity index (χ2v) is 6.30. The van der Waals surface area contributed by atoms with Gasteiger partial charge in [0.2, 0.25) is 11.8 Å². The smallest absolute Gasteiger partial charge is 0.227 e. The molecule has 0 bridgehead atoms. The van der Waals surface area contributed by atoms with Gasteiger partial charge in [0.1, 0.15) is 5.82 Å². The lowest BCUT2D eigenvalue weighted by molar-refractivity contribution is -0.126. The van der Waals surface area contributed by atoms with Crippen LogP contribution in [0.3, 0.4) is 0 Å². The summed E-state index contributed by atoms with van der Waals surface area (Å²) in [6, 6.07) is 5.88. The molecule has 1 fully saturated rings. The monoisotopic (exact) mass is 344 g/mol. The van der Waals surface area contributed by atoms with Crippen molar-refractivity contribution in [3.63, 3.8) is 0 Å². The fourth-order valence-corrected chi connectivity index (χ4v) is 3.03. The third-order valence-electron chi connectivity index (χ3n) is 4.32. The maximum atomic E-state index is 13.3. The summed E-state index contributed by atoms with van der Waals surface area (Å²) in [5.41, 5.74) is 1.63. The molecule has 1 aliphatic rings. The van der Waals surface area contributed by atoms with Gasteiger partial charge in [-0.2, -0.15) is 5.10 Å². The minimum atomic E-state index is -0.395. The van der Waals surface area contributed by atoms with E-state index in [1.807, 2.05) is 19.4 Å². The number of hydrogen-bond donors (Lipinski definition) is 1. The van der Waals surface area contributed by atoms with E-state index in [0.29, 0.717) is 12.2 Å². The van der Waals surface area contributed by atoms with E-state index in [4.69, 9.17) is 0 Å². The number of nitrogens with one attached hydrogen (secondary N) is 1. The number of aryl methyl sites for hydroxylation is 2. The van der Waals surface area contributed by atoms with Crippen LogP contribution in [0.5, 0.6) is 0 Å². The van der Waals surface area contributed by atoms with Gasteiger partial charge >= 0.3 is 0 Å². The molecule has 1 N–H and O–H groups in total. The van der Waals surface area contributed by atoms with E-state index >= 15 is 0 Å². The zero-order chi connectivity index (χ0) is 17.8. The average molecular weight is 344 g/mol. The lowest BCUT2D eigenvalue weighted by Crippen LogP contribution is -2.33. The molecule has 25 heavy (non-hydrogen) atoms. The Hall–Kier alpha value is -2.70. The number of halogens is 1. The van der Waals surface area contributed by atoms with Gasteiger partial charge in [0.05, 0.1) is 12.1 Å². The van der Waals surface area contributed by atoms with Crippen LogP contribution in [0.25, 0.3) is 0 Å². The standard InChI is InChI=1S/C18H21FN4O2/c1-22-11-13(10-21-22)4-3-7-20-18(25)14-8-17(24)23(12-14)16-6-2-5-15(19)9-16/h2,5-6,9-11,14H,3-4,7-8,12H2,1H3,(H,20,25)/t14-/m0/s1. The van der Waals surface area contributed by atoms with Gasteiger partial charge in [-0.05, 0) is 36.6 Å². The summed E-state index contributed by atoms with van der Waals surface area (Å²) in [6.45, 7) is 0.842. The van der Waals surface area contributed by atoms with Gasteiger partial charge in [-0.25, -0.2) is 4.39 Å². The average Bonchev–Trinajstić information content (AvgIpc) is 3.17. The number of benzene rings is 1. The molecule has 132 valence electrons. The first-order valence-electron chi connectivity index (χ1n) is 8.34. The Balaban J connectivity index is 1.47. The first kappa shape index (κ1) is 17.1. The van der Waals surface area contributed by atoms with Gasteiger partial charge in [0.25, 0.3) is 0 Å². The van der Waals surface area contributed by atoms with Crippen molar-refractivity contribution in [3.05, 3.63) is 48.0 Å². The second-order valence-electron chi connectivity index (χ2n) is 6.30. The van der Waals surface area contributed by atoms with Crippen molar-refractivity contribution >= 4 is 17.5 Å². The Morgan fingerprint density at radius 1 is 1.44 bits per heavy atom. The highest BCUT2D eigenvalue weighted by Gasteiger charge is 2.35. The largest absolute Gasteiger partial charge is 0.356 e. The molecule has 7 heteroatoms. The molecule has 1 aromatic heterocycles. The number of anilines is 1. The van der Waals surface area contributed by atoms with E-state index in [0.717, 1.165) is 18.4 Å². The molecule has 2 heterocycles. The highest BCUT2D eigenvalue weighted by molar-refractivity contribution is 6.00. The highest BCUT2D eigenvalue weighted by atomic mass is 19.1. The van der Waals surface area contributed by atoms with E-state index in [9.17, 15) is 14.0 Å². The Bertz CT molecular complexity index is 774. The van der Waals surface area contributed by atoms with Crippen LogP contribution in [0.15, 0.2) is 36.7 Å². The van der Waals surface area contributed by atoms with Crippen LogP contribution in [0, 0.1) is 11.7 Å². The van der Waals surface area contributed by atoms with Crippen molar-refractivity contribution in [2.45, 2.75) is 19.3 Å². The Morgan fingerprint density at radius 3 is 3.00 bits per heavy atom. The van der Waals surface area contributed by atoms with Gasteiger partial charge in [-0.1, -0.05) is 6.07 Å². The highest BCUT2D eigenvalue weighted by Crippen LogP contribution is 2.25. The van der Waals surface area contributed by atoms with E-state index in [2.05, 4.69) is 10.4 Å². The molecule has 3 rings (SSSR count). The van der Waals surface area contributed by atoms with Crippen LogP contribution in [0.1, 0.15) is 18.4 Å². The summed E-state index contributed by atoms with van der Waals surface area (Å²) in [7, 11) is 1.87. The molecule has 2 amide bonds. The third kappa shape index (κ3) is 4.23. The third-order valence-corrected chi connectivity index (χ3v) is 4.32. The van der Waals surface area contributed by atoms with Crippen molar-refractivity contribution in [3.8, 4) is 0 Å². The Kier molecular flexibility index (Phi) is 5.11. The number of nitrogens with zero attached hydrogens (tertiary/aromatic N) is 3. The zero-order valence-corrected chi connectivity index (χ0v) is 14.1. The van der Waals surface area contributed by atoms with Gasteiger partial charge in [0.15, 0.2) is 0 Å². The van der Waals surface area contributed by atoms with Crippen LogP contribution >= 0.6 is 0 Å². The van der Waals surface area contributed by atoms with Crippen molar-refractivity contribution in [1.29, 1.82) is 0 Å². The van der Waals surface area contributed by atoms with Crippen LogP contribution in [0.2, 0.25) is 0 Å². The fourth-order valence-electron chi connectivity index (χ4n) is 3.03. The molecular formula is C18H21FN4O2. The van der Waals surface area contributed by atoms with E-state index in [1.165, 1.54) is 17.0 Å². The summed E-state index contributed by atoms with van der Waals surface area (Å²) in [5.74, 6) is -1.07. The van der Waals surface area contributed by atoms with Crippen molar-refractivity contribution in [2.24, 2.45) is 13.0 Å². The van der Waals surface area contributed by atoms with Crippen LogP contribution in [0.4, 0.5) is 10.1 Å². The second kappa shape index (κ2) is 7.46. The lowest BCUT2D eigenvalue weighted by Gasteiger charge is -2.16. The molecule has 1 aliphatic heterocycles. The summed E-state index contributed by atoms with van der Waals surface area (Å²) in [6.07, 6.45) is 5.58. The number of amides is 2. The molecule has 0 spiro atoms. The number of hydrogen-bond acceptors (Lipinski definition) is 3. The maximum absolute atomic E-state index is 13.3. The summed E-state index contributed by atoms with van der Waals surface area (Å²) < 4.78 is 15.1. The minimum Gasteiger partial charge on any atom is -0.356 e. The van der Waals surface area contributed by atoms with Crippen LogP contribution < -0.4 is 10.2 Å². The molecule has 0 saturated carbocycles. The summed E-state index contributed by atoms with van der Waals surface area (Å²) in [5, 5.41) is 6.99. The van der Waals surface area contributed by atoms with Gasteiger partial charge in [0, 0.05) is 38.4 Å². The van der Waals surface area contributed by atoms with E-state index in [-0.39, 0.29) is 24.8 Å². The molecule has 0 aliphatic carbocycles. The predicted octanol–water partition coefficient (Wildman–Crippen LogP) is 1.66. The fraction of sp³-hybridized carbons (Fsp3) is 0.389. The van der Waals surface area contributed by atoms with Gasteiger partial charge in [-0.3, -0.25) is 14.3 Å². The maximum Gasteiger partial charge on any atom is 0.227 e. The molecule has 0 radical (unpaired) electrons. The number of carbonyl (C=O) groups is 2. The normalized spacial score (nSPS) is 17.1.